The summed E-state index contributed by atoms with van der Waals surface area (Å²) in [5.74, 6) is 1.06. The summed E-state index contributed by atoms with van der Waals surface area (Å²) in [6.07, 6.45) is 0. The maximum Gasteiger partial charge on any atom is 0.251 e. The molecule has 4 nitrogen and oxygen atoms in total. The summed E-state index contributed by atoms with van der Waals surface area (Å²) in [6.45, 7) is 8.55. The molecule has 0 radical (unpaired) electrons. The predicted octanol–water partition coefficient (Wildman–Crippen LogP) is 4.20. The molecule has 4 heteroatoms. The number of ether oxygens (including phenoxy) is 2. The van der Waals surface area contributed by atoms with E-state index in [0.29, 0.717) is 23.7 Å². The van der Waals surface area contributed by atoms with Crippen LogP contribution in [-0.2, 0) is 0 Å². The molecule has 24 heavy (non-hydrogen) atoms. The Bertz CT molecular complexity index is 725. The molecule has 0 fully saturated rings. The molecule has 1 atom stereocenters. The van der Waals surface area contributed by atoms with Crippen LogP contribution in [0.25, 0.3) is 0 Å². The van der Waals surface area contributed by atoms with E-state index >= 15 is 0 Å². The van der Waals surface area contributed by atoms with Crippen molar-refractivity contribution in [3.8, 4) is 11.5 Å². The van der Waals surface area contributed by atoms with Gasteiger partial charge in [-0.05, 0) is 57.0 Å². The van der Waals surface area contributed by atoms with Gasteiger partial charge >= 0.3 is 0 Å². The Kier molecular flexibility index (Phi) is 5.85. The number of carbonyl (C=O) groups excluding carboxylic acids is 1. The number of nitrogens with one attached hydrogen (secondary N) is 1. The molecule has 0 aliphatic rings. The Balaban J connectivity index is 2.18. The summed E-state index contributed by atoms with van der Waals surface area (Å²) in [6, 6.07) is 11.4. The number of aryl methyl sites for hydroxylation is 2. The maximum atomic E-state index is 12.6. The monoisotopic (exact) mass is 327 g/mol. The van der Waals surface area contributed by atoms with E-state index in [1.54, 1.807) is 25.3 Å². The number of benzene rings is 2. The van der Waals surface area contributed by atoms with Crippen molar-refractivity contribution in [1.29, 1.82) is 0 Å². The molecule has 0 aliphatic heterocycles. The van der Waals surface area contributed by atoms with Gasteiger partial charge in [0.25, 0.3) is 5.91 Å². The van der Waals surface area contributed by atoms with Gasteiger partial charge in [0, 0.05) is 5.56 Å². The minimum absolute atomic E-state index is 0.0741. The van der Waals surface area contributed by atoms with Crippen LogP contribution in [-0.4, -0.2) is 19.6 Å². The second-order valence-corrected chi connectivity index (χ2v) is 5.85. The SMILES string of the molecule is CCOc1ccc(C(=O)N[C@@H](C)c2cc(C)ccc2C)cc1OC. The molecule has 0 saturated heterocycles. The van der Waals surface area contributed by atoms with Gasteiger partial charge in [0.15, 0.2) is 11.5 Å². The molecule has 2 aromatic rings. The number of rotatable bonds is 6. The average molecular weight is 327 g/mol. The van der Waals surface area contributed by atoms with Crippen molar-refractivity contribution in [2.75, 3.05) is 13.7 Å². The van der Waals surface area contributed by atoms with E-state index in [-0.39, 0.29) is 11.9 Å². The van der Waals surface area contributed by atoms with Gasteiger partial charge in [0.2, 0.25) is 0 Å². The van der Waals surface area contributed by atoms with Crippen molar-refractivity contribution < 1.29 is 14.3 Å². The summed E-state index contributed by atoms with van der Waals surface area (Å²) in [5.41, 5.74) is 4.02. The van der Waals surface area contributed by atoms with Crippen molar-refractivity contribution in [2.45, 2.75) is 33.7 Å². The second-order valence-electron chi connectivity index (χ2n) is 5.85. The van der Waals surface area contributed by atoms with E-state index in [1.165, 1.54) is 5.56 Å². The van der Waals surface area contributed by atoms with Crippen molar-refractivity contribution in [1.82, 2.24) is 5.32 Å². The van der Waals surface area contributed by atoms with Crippen molar-refractivity contribution in [3.05, 3.63) is 58.7 Å². The van der Waals surface area contributed by atoms with E-state index in [9.17, 15) is 4.79 Å². The molecule has 2 rings (SSSR count). The van der Waals surface area contributed by atoms with Crippen LogP contribution < -0.4 is 14.8 Å². The highest BCUT2D eigenvalue weighted by atomic mass is 16.5. The molecule has 0 unspecified atom stereocenters. The lowest BCUT2D eigenvalue weighted by Gasteiger charge is -2.18. The quantitative estimate of drug-likeness (QED) is 0.865. The van der Waals surface area contributed by atoms with Gasteiger partial charge in [-0.3, -0.25) is 4.79 Å². The van der Waals surface area contributed by atoms with Crippen LogP contribution in [0.5, 0.6) is 11.5 Å². The molecule has 1 N–H and O–H groups in total. The molecule has 0 bridgehead atoms. The maximum absolute atomic E-state index is 12.6. The van der Waals surface area contributed by atoms with Crippen LogP contribution >= 0.6 is 0 Å². The van der Waals surface area contributed by atoms with Gasteiger partial charge in [-0.2, -0.15) is 0 Å². The largest absolute Gasteiger partial charge is 0.493 e. The van der Waals surface area contributed by atoms with Crippen molar-refractivity contribution in [2.24, 2.45) is 0 Å². The van der Waals surface area contributed by atoms with E-state index in [1.807, 2.05) is 13.8 Å². The first-order chi connectivity index (χ1) is 11.5. The average Bonchev–Trinajstić information content (AvgIpc) is 2.57. The fraction of sp³-hybridized carbons (Fsp3) is 0.350. The summed E-state index contributed by atoms with van der Waals surface area (Å²) in [4.78, 5) is 12.6. The molecule has 128 valence electrons. The summed E-state index contributed by atoms with van der Waals surface area (Å²) in [7, 11) is 1.57. The third-order valence-electron chi connectivity index (χ3n) is 3.97. The predicted molar refractivity (Wildman–Crippen MR) is 96.0 cm³/mol. The van der Waals surface area contributed by atoms with Gasteiger partial charge in [-0.25, -0.2) is 0 Å². The molecular weight excluding hydrogens is 302 g/mol. The molecule has 0 aliphatic carbocycles. The van der Waals surface area contributed by atoms with Crippen LogP contribution in [0.3, 0.4) is 0 Å². The first kappa shape index (κ1) is 17.9. The number of carbonyl (C=O) groups is 1. The minimum Gasteiger partial charge on any atom is -0.493 e. The first-order valence-corrected chi connectivity index (χ1v) is 8.15. The fourth-order valence-corrected chi connectivity index (χ4v) is 2.67. The van der Waals surface area contributed by atoms with Crippen LogP contribution in [0.15, 0.2) is 36.4 Å². The molecule has 0 spiro atoms. The van der Waals surface area contributed by atoms with E-state index in [4.69, 9.17) is 9.47 Å². The lowest BCUT2D eigenvalue weighted by molar-refractivity contribution is 0.0939. The van der Waals surface area contributed by atoms with Crippen LogP contribution in [0.4, 0.5) is 0 Å². The van der Waals surface area contributed by atoms with Crippen LogP contribution in [0.2, 0.25) is 0 Å². The molecule has 0 heterocycles. The summed E-state index contributed by atoms with van der Waals surface area (Å²) < 4.78 is 10.8. The van der Waals surface area contributed by atoms with E-state index < -0.39 is 0 Å². The Hall–Kier alpha value is -2.49. The fourth-order valence-electron chi connectivity index (χ4n) is 2.67. The molecule has 0 aromatic heterocycles. The zero-order valence-electron chi connectivity index (χ0n) is 15.0. The zero-order valence-corrected chi connectivity index (χ0v) is 15.0. The molecule has 1 amide bonds. The Morgan fingerprint density at radius 1 is 1.12 bits per heavy atom. The lowest BCUT2D eigenvalue weighted by atomic mass is 9.99. The Morgan fingerprint density at radius 2 is 1.88 bits per heavy atom. The second kappa shape index (κ2) is 7.86. The highest BCUT2D eigenvalue weighted by Gasteiger charge is 2.15. The molecular formula is C20H25NO3. The Morgan fingerprint density at radius 3 is 2.54 bits per heavy atom. The number of hydrogen-bond acceptors (Lipinski definition) is 3. The van der Waals surface area contributed by atoms with Crippen molar-refractivity contribution in [3.63, 3.8) is 0 Å². The molecule has 0 saturated carbocycles. The van der Waals surface area contributed by atoms with Crippen LogP contribution in [0.1, 0.15) is 46.9 Å². The van der Waals surface area contributed by atoms with Crippen LogP contribution in [0, 0.1) is 13.8 Å². The standard InChI is InChI=1S/C20H25NO3/c1-6-24-18-10-9-16(12-19(18)23-5)20(22)21-15(4)17-11-13(2)7-8-14(17)3/h7-12,15H,6H2,1-5H3,(H,21,22)/t15-/m0/s1. The van der Waals surface area contributed by atoms with Gasteiger partial charge in [-0.15, -0.1) is 0 Å². The highest BCUT2D eigenvalue weighted by molar-refractivity contribution is 5.95. The topological polar surface area (TPSA) is 47.6 Å². The highest BCUT2D eigenvalue weighted by Crippen LogP contribution is 2.28. The zero-order chi connectivity index (χ0) is 17.7. The number of methoxy groups -OCH3 is 1. The minimum atomic E-state index is -0.134. The third-order valence-corrected chi connectivity index (χ3v) is 3.97. The van der Waals surface area contributed by atoms with Gasteiger partial charge in [0.05, 0.1) is 19.8 Å². The molecule has 2 aromatic carbocycles. The van der Waals surface area contributed by atoms with Gasteiger partial charge in [-0.1, -0.05) is 23.8 Å². The van der Waals surface area contributed by atoms with E-state index in [2.05, 4.69) is 37.4 Å². The summed E-state index contributed by atoms with van der Waals surface area (Å²) >= 11 is 0. The number of amides is 1. The van der Waals surface area contributed by atoms with Gasteiger partial charge < -0.3 is 14.8 Å². The lowest BCUT2D eigenvalue weighted by Crippen LogP contribution is -2.27. The smallest absolute Gasteiger partial charge is 0.251 e. The summed E-state index contributed by atoms with van der Waals surface area (Å²) in [5, 5.41) is 3.05. The van der Waals surface area contributed by atoms with Gasteiger partial charge in [0.1, 0.15) is 0 Å². The Labute approximate surface area is 143 Å². The first-order valence-electron chi connectivity index (χ1n) is 8.15. The number of hydrogen-bond donors (Lipinski definition) is 1. The van der Waals surface area contributed by atoms with Crippen molar-refractivity contribution >= 4 is 5.91 Å². The van der Waals surface area contributed by atoms with E-state index in [0.717, 1.165) is 11.1 Å². The third kappa shape index (κ3) is 4.07. The normalized spacial score (nSPS) is 11.7.